The third-order valence-corrected chi connectivity index (χ3v) is 4.61. The Morgan fingerprint density at radius 2 is 1.59 bits per heavy atom. The Hall–Kier alpha value is -2.76. The molecular formula is C20H16Cl2N2O3. The second-order valence-corrected chi connectivity index (χ2v) is 6.48. The molecule has 2 amide bonds. The van der Waals surface area contributed by atoms with Crippen molar-refractivity contribution in [3.05, 3.63) is 70.4 Å². The van der Waals surface area contributed by atoms with Crippen molar-refractivity contribution in [3.8, 4) is 11.3 Å². The van der Waals surface area contributed by atoms with E-state index in [0.29, 0.717) is 39.2 Å². The SMILES string of the molecule is CCC(=O)Nc1ccc(NC(=O)c2ccc(-c3cccc(Cl)c3Cl)o2)cc1. The van der Waals surface area contributed by atoms with Gasteiger partial charge in [0.2, 0.25) is 5.91 Å². The molecule has 0 bridgehead atoms. The Kier molecular flexibility index (Phi) is 5.84. The number of amides is 2. The highest BCUT2D eigenvalue weighted by Crippen LogP contribution is 2.34. The lowest BCUT2D eigenvalue weighted by Crippen LogP contribution is -2.11. The van der Waals surface area contributed by atoms with E-state index in [1.807, 2.05) is 0 Å². The number of halogens is 2. The highest BCUT2D eigenvalue weighted by molar-refractivity contribution is 6.43. The van der Waals surface area contributed by atoms with Gasteiger partial charge in [-0.05, 0) is 48.5 Å². The van der Waals surface area contributed by atoms with Gasteiger partial charge in [-0.2, -0.15) is 0 Å². The molecule has 0 aliphatic rings. The molecule has 3 aromatic rings. The molecule has 5 nitrogen and oxygen atoms in total. The van der Waals surface area contributed by atoms with Gasteiger partial charge in [-0.1, -0.05) is 36.2 Å². The van der Waals surface area contributed by atoms with Crippen LogP contribution in [0.1, 0.15) is 23.9 Å². The summed E-state index contributed by atoms with van der Waals surface area (Å²) in [7, 11) is 0. The molecule has 7 heteroatoms. The van der Waals surface area contributed by atoms with Crippen molar-refractivity contribution in [2.45, 2.75) is 13.3 Å². The summed E-state index contributed by atoms with van der Waals surface area (Å²) in [5.74, 6) is 0.119. The van der Waals surface area contributed by atoms with E-state index in [0.717, 1.165) is 0 Å². The molecule has 27 heavy (non-hydrogen) atoms. The summed E-state index contributed by atoms with van der Waals surface area (Å²) in [5, 5.41) is 6.26. The molecule has 0 atom stereocenters. The van der Waals surface area contributed by atoms with E-state index in [9.17, 15) is 9.59 Å². The van der Waals surface area contributed by atoms with Crippen LogP contribution in [0.2, 0.25) is 10.0 Å². The summed E-state index contributed by atoms with van der Waals surface area (Å²) in [6, 6.07) is 15.2. The van der Waals surface area contributed by atoms with Crippen molar-refractivity contribution in [1.82, 2.24) is 0 Å². The van der Waals surface area contributed by atoms with Crippen LogP contribution in [0.5, 0.6) is 0 Å². The zero-order valence-corrected chi connectivity index (χ0v) is 15.9. The minimum Gasteiger partial charge on any atom is -0.451 e. The van der Waals surface area contributed by atoms with E-state index < -0.39 is 5.91 Å². The Morgan fingerprint density at radius 1 is 0.926 bits per heavy atom. The van der Waals surface area contributed by atoms with Gasteiger partial charge >= 0.3 is 0 Å². The van der Waals surface area contributed by atoms with Crippen LogP contribution in [0.3, 0.4) is 0 Å². The van der Waals surface area contributed by atoms with E-state index in [1.54, 1.807) is 61.5 Å². The molecule has 0 saturated carbocycles. The first kappa shape index (κ1) is 19.0. The summed E-state index contributed by atoms with van der Waals surface area (Å²) in [6.45, 7) is 1.78. The maximum atomic E-state index is 12.4. The van der Waals surface area contributed by atoms with E-state index >= 15 is 0 Å². The van der Waals surface area contributed by atoms with Gasteiger partial charge in [0.25, 0.3) is 5.91 Å². The highest BCUT2D eigenvalue weighted by Gasteiger charge is 2.15. The number of carbonyl (C=O) groups is 2. The van der Waals surface area contributed by atoms with Crippen molar-refractivity contribution in [1.29, 1.82) is 0 Å². The summed E-state index contributed by atoms with van der Waals surface area (Å²) < 4.78 is 5.62. The Morgan fingerprint density at radius 3 is 2.26 bits per heavy atom. The molecule has 0 unspecified atom stereocenters. The Labute approximate surface area is 166 Å². The maximum Gasteiger partial charge on any atom is 0.291 e. The molecule has 1 heterocycles. The van der Waals surface area contributed by atoms with Crippen molar-refractivity contribution < 1.29 is 14.0 Å². The normalized spacial score (nSPS) is 10.5. The van der Waals surface area contributed by atoms with Gasteiger partial charge in [-0.15, -0.1) is 0 Å². The molecule has 0 aliphatic heterocycles. The highest BCUT2D eigenvalue weighted by atomic mass is 35.5. The van der Waals surface area contributed by atoms with E-state index in [2.05, 4.69) is 10.6 Å². The van der Waals surface area contributed by atoms with Crippen molar-refractivity contribution >= 4 is 46.4 Å². The number of carbonyl (C=O) groups excluding carboxylic acids is 2. The average molecular weight is 403 g/mol. The molecule has 1 aromatic heterocycles. The van der Waals surface area contributed by atoms with Gasteiger partial charge in [0.15, 0.2) is 5.76 Å². The molecule has 2 N–H and O–H groups in total. The first-order valence-corrected chi connectivity index (χ1v) is 8.99. The zero-order valence-electron chi connectivity index (χ0n) is 14.4. The quantitative estimate of drug-likeness (QED) is 0.561. The van der Waals surface area contributed by atoms with Crippen LogP contribution in [0, 0.1) is 0 Å². The number of hydrogen-bond donors (Lipinski definition) is 2. The van der Waals surface area contributed by atoms with Crippen LogP contribution in [-0.2, 0) is 4.79 Å². The fourth-order valence-electron chi connectivity index (χ4n) is 2.38. The van der Waals surface area contributed by atoms with E-state index in [1.165, 1.54) is 0 Å². The number of hydrogen-bond acceptors (Lipinski definition) is 3. The topological polar surface area (TPSA) is 71.3 Å². The monoisotopic (exact) mass is 402 g/mol. The molecule has 0 radical (unpaired) electrons. The standard InChI is InChI=1S/C20H16Cl2N2O3/c1-2-18(25)23-12-6-8-13(9-7-12)24-20(26)17-11-10-16(27-17)14-4-3-5-15(21)19(14)22/h3-11H,2H2,1H3,(H,23,25)(H,24,26). The molecule has 138 valence electrons. The summed E-state index contributed by atoms with van der Waals surface area (Å²) in [5.41, 5.74) is 1.85. The second-order valence-electron chi connectivity index (χ2n) is 5.70. The van der Waals surface area contributed by atoms with Crippen LogP contribution in [0.4, 0.5) is 11.4 Å². The number of benzene rings is 2. The first-order valence-electron chi connectivity index (χ1n) is 8.23. The molecule has 2 aromatic carbocycles. The maximum absolute atomic E-state index is 12.4. The number of anilines is 2. The van der Waals surface area contributed by atoms with Crippen LogP contribution in [-0.4, -0.2) is 11.8 Å². The van der Waals surface area contributed by atoms with Crippen LogP contribution < -0.4 is 10.6 Å². The van der Waals surface area contributed by atoms with Gasteiger partial charge < -0.3 is 15.1 Å². The Bertz CT molecular complexity index is 981. The molecular weight excluding hydrogens is 387 g/mol. The third kappa shape index (κ3) is 4.51. The van der Waals surface area contributed by atoms with Gasteiger partial charge in [-0.25, -0.2) is 0 Å². The molecule has 3 rings (SSSR count). The van der Waals surface area contributed by atoms with Crippen LogP contribution >= 0.6 is 23.2 Å². The second kappa shape index (κ2) is 8.29. The summed E-state index contributed by atoms with van der Waals surface area (Å²) in [6.07, 6.45) is 0.399. The predicted octanol–water partition coefficient (Wildman–Crippen LogP) is 5.85. The Balaban J connectivity index is 1.71. The predicted molar refractivity (Wildman–Crippen MR) is 107 cm³/mol. The fourth-order valence-corrected chi connectivity index (χ4v) is 2.77. The lowest BCUT2D eigenvalue weighted by molar-refractivity contribution is -0.115. The van der Waals surface area contributed by atoms with Crippen LogP contribution in [0.25, 0.3) is 11.3 Å². The van der Waals surface area contributed by atoms with E-state index in [-0.39, 0.29) is 11.7 Å². The summed E-state index contributed by atoms with van der Waals surface area (Å²) in [4.78, 5) is 23.8. The van der Waals surface area contributed by atoms with Crippen LogP contribution in [0.15, 0.2) is 59.0 Å². The molecule has 0 spiro atoms. The smallest absolute Gasteiger partial charge is 0.291 e. The summed E-state index contributed by atoms with van der Waals surface area (Å²) >= 11 is 12.2. The molecule has 0 aliphatic carbocycles. The minimum atomic E-state index is -0.398. The largest absolute Gasteiger partial charge is 0.451 e. The van der Waals surface area contributed by atoms with E-state index in [4.69, 9.17) is 27.6 Å². The lowest BCUT2D eigenvalue weighted by atomic mass is 10.2. The number of rotatable bonds is 5. The van der Waals surface area contributed by atoms with Gasteiger partial charge in [0.05, 0.1) is 10.0 Å². The molecule has 0 fully saturated rings. The molecule has 0 saturated heterocycles. The minimum absolute atomic E-state index is 0.0745. The van der Waals surface area contributed by atoms with Crippen molar-refractivity contribution in [3.63, 3.8) is 0 Å². The lowest BCUT2D eigenvalue weighted by Gasteiger charge is -2.06. The van der Waals surface area contributed by atoms with Crippen molar-refractivity contribution in [2.75, 3.05) is 10.6 Å². The fraction of sp³-hybridized carbons (Fsp3) is 0.100. The van der Waals surface area contributed by atoms with Gasteiger partial charge in [0.1, 0.15) is 5.76 Å². The van der Waals surface area contributed by atoms with Gasteiger partial charge in [0, 0.05) is 23.4 Å². The van der Waals surface area contributed by atoms with Gasteiger partial charge in [-0.3, -0.25) is 9.59 Å². The third-order valence-electron chi connectivity index (χ3n) is 3.79. The number of furan rings is 1. The number of nitrogens with one attached hydrogen (secondary N) is 2. The van der Waals surface area contributed by atoms with Crippen molar-refractivity contribution in [2.24, 2.45) is 0 Å². The average Bonchev–Trinajstić information content (AvgIpc) is 3.15. The zero-order chi connectivity index (χ0) is 19.4. The first-order chi connectivity index (χ1) is 13.0.